The average molecular weight is 373 g/mol. The fourth-order valence-electron chi connectivity index (χ4n) is 3.66. The zero-order valence-electron chi connectivity index (χ0n) is 16.8. The Morgan fingerprint density at radius 3 is 2.52 bits per heavy atom. The molecule has 3 rings (SSSR count). The van der Waals surface area contributed by atoms with Gasteiger partial charge in [0.1, 0.15) is 11.9 Å². The molecule has 5 nitrogen and oxygen atoms in total. The van der Waals surface area contributed by atoms with Crippen molar-refractivity contribution in [2.24, 2.45) is 0 Å². The van der Waals surface area contributed by atoms with Crippen LogP contribution in [0.25, 0.3) is 6.08 Å². The third-order valence-electron chi connectivity index (χ3n) is 5.48. The van der Waals surface area contributed by atoms with Crippen molar-refractivity contribution < 1.29 is 14.3 Å². The Morgan fingerprint density at radius 1 is 1.19 bits per heavy atom. The predicted molar refractivity (Wildman–Crippen MR) is 108 cm³/mol. The number of likely N-dealkylation sites (tertiary alicyclic amines) is 1. The fourth-order valence-corrected chi connectivity index (χ4v) is 3.66. The van der Waals surface area contributed by atoms with Gasteiger partial charge in [0.25, 0.3) is 0 Å². The number of morpholine rings is 1. The summed E-state index contributed by atoms with van der Waals surface area (Å²) in [6, 6.07) is 6.74. The first kappa shape index (κ1) is 19.9. The Bertz CT molecular complexity index is 658. The first-order valence-electron chi connectivity index (χ1n) is 10.1. The minimum atomic E-state index is 0.0509. The first-order valence-corrected chi connectivity index (χ1v) is 10.1. The van der Waals surface area contributed by atoms with Gasteiger partial charge in [-0.15, -0.1) is 0 Å². The first-order chi connectivity index (χ1) is 13.0. The summed E-state index contributed by atoms with van der Waals surface area (Å²) in [5, 5.41) is 0. The van der Waals surface area contributed by atoms with E-state index in [0.717, 1.165) is 42.8 Å². The van der Waals surface area contributed by atoms with Gasteiger partial charge in [-0.3, -0.25) is 4.79 Å². The van der Waals surface area contributed by atoms with Crippen molar-refractivity contribution in [3.8, 4) is 5.75 Å². The van der Waals surface area contributed by atoms with Crippen LogP contribution in [0.3, 0.4) is 0 Å². The van der Waals surface area contributed by atoms with Crippen LogP contribution in [0.5, 0.6) is 5.75 Å². The van der Waals surface area contributed by atoms with Crippen molar-refractivity contribution in [1.29, 1.82) is 0 Å². The van der Waals surface area contributed by atoms with Crippen LogP contribution in [0.2, 0.25) is 0 Å². The van der Waals surface area contributed by atoms with Gasteiger partial charge in [-0.1, -0.05) is 6.07 Å². The number of aryl methyl sites for hydroxylation is 1. The van der Waals surface area contributed by atoms with E-state index in [1.807, 2.05) is 23.1 Å². The van der Waals surface area contributed by atoms with Crippen molar-refractivity contribution >= 4 is 12.0 Å². The summed E-state index contributed by atoms with van der Waals surface area (Å²) in [6.45, 7) is 11.4. The maximum Gasteiger partial charge on any atom is 0.246 e. The van der Waals surface area contributed by atoms with Gasteiger partial charge in [0.05, 0.1) is 13.2 Å². The molecule has 1 aromatic carbocycles. The highest BCUT2D eigenvalue weighted by Crippen LogP contribution is 2.23. The molecular weight excluding hydrogens is 340 g/mol. The molecule has 1 aromatic rings. The van der Waals surface area contributed by atoms with Crippen LogP contribution in [0, 0.1) is 6.92 Å². The Balaban J connectivity index is 1.54. The van der Waals surface area contributed by atoms with E-state index in [2.05, 4.69) is 31.7 Å². The van der Waals surface area contributed by atoms with Crippen molar-refractivity contribution in [2.75, 3.05) is 39.4 Å². The molecule has 2 aliphatic heterocycles. The third-order valence-corrected chi connectivity index (χ3v) is 5.48. The summed E-state index contributed by atoms with van der Waals surface area (Å²) in [5.74, 6) is 0.974. The summed E-state index contributed by atoms with van der Waals surface area (Å²) in [5.41, 5.74) is 2.18. The number of rotatable bonds is 5. The van der Waals surface area contributed by atoms with E-state index >= 15 is 0 Å². The second-order valence-corrected chi connectivity index (χ2v) is 7.74. The molecule has 148 valence electrons. The van der Waals surface area contributed by atoms with Crippen LogP contribution < -0.4 is 4.74 Å². The second kappa shape index (κ2) is 9.38. The molecule has 2 fully saturated rings. The molecule has 5 heteroatoms. The Hall–Kier alpha value is -1.85. The molecule has 0 saturated carbocycles. The van der Waals surface area contributed by atoms with E-state index in [9.17, 15) is 4.79 Å². The lowest BCUT2D eigenvalue weighted by molar-refractivity contribution is -0.129. The highest BCUT2D eigenvalue weighted by molar-refractivity contribution is 5.92. The number of piperidine rings is 1. The van der Waals surface area contributed by atoms with E-state index in [0.29, 0.717) is 38.4 Å². The quantitative estimate of drug-likeness (QED) is 0.745. The van der Waals surface area contributed by atoms with Crippen LogP contribution in [0.15, 0.2) is 24.3 Å². The number of carbonyl (C=O) groups excluding carboxylic acids is 1. The molecule has 0 unspecified atom stereocenters. The van der Waals surface area contributed by atoms with Crippen molar-refractivity contribution in [1.82, 2.24) is 9.80 Å². The maximum absolute atomic E-state index is 12.2. The van der Waals surface area contributed by atoms with Gasteiger partial charge in [0.15, 0.2) is 0 Å². The topological polar surface area (TPSA) is 42.0 Å². The average Bonchev–Trinajstić information content (AvgIpc) is 2.68. The van der Waals surface area contributed by atoms with Gasteiger partial charge in [0, 0.05) is 38.3 Å². The van der Waals surface area contributed by atoms with Gasteiger partial charge in [0.2, 0.25) is 5.91 Å². The smallest absolute Gasteiger partial charge is 0.246 e. The molecule has 2 aliphatic rings. The van der Waals surface area contributed by atoms with Crippen LogP contribution in [0.4, 0.5) is 0 Å². The SMILES string of the molecule is Cc1cc(OC2CCN(C(C)C)CC2)ccc1C=CC(=O)N1CCOCC1. The molecule has 0 aromatic heterocycles. The van der Waals surface area contributed by atoms with E-state index in [1.54, 1.807) is 6.08 Å². The zero-order valence-corrected chi connectivity index (χ0v) is 16.8. The van der Waals surface area contributed by atoms with Gasteiger partial charge in [-0.2, -0.15) is 0 Å². The molecule has 2 saturated heterocycles. The van der Waals surface area contributed by atoms with Gasteiger partial charge < -0.3 is 19.3 Å². The maximum atomic E-state index is 12.2. The number of amides is 1. The van der Waals surface area contributed by atoms with Gasteiger partial charge in [-0.05, 0) is 62.9 Å². The predicted octanol–water partition coefficient (Wildman–Crippen LogP) is 3.12. The fraction of sp³-hybridized carbons (Fsp3) is 0.591. The third kappa shape index (κ3) is 5.56. The molecule has 27 heavy (non-hydrogen) atoms. The van der Waals surface area contributed by atoms with E-state index in [-0.39, 0.29) is 5.91 Å². The largest absolute Gasteiger partial charge is 0.490 e. The molecular formula is C22H32N2O3. The second-order valence-electron chi connectivity index (χ2n) is 7.74. The van der Waals surface area contributed by atoms with Crippen molar-refractivity contribution in [3.05, 3.63) is 35.4 Å². The number of benzene rings is 1. The molecule has 1 amide bonds. The summed E-state index contributed by atoms with van der Waals surface area (Å²) in [4.78, 5) is 16.6. The Labute approximate surface area is 162 Å². The molecule has 0 radical (unpaired) electrons. The lowest BCUT2D eigenvalue weighted by atomic mass is 10.1. The van der Waals surface area contributed by atoms with Crippen LogP contribution in [-0.2, 0) is 9.53 Å². The minimum absolute atomic E-state index is 0.0509. The lowest BCUT2D eigenvalue weighted by Crippen LogP contribution is -2.41. The van der Waals surface area contributed by atoms with Crippen LogP contribution in [0.1, 0.15) is 37.8 Å². The summed E-state index contributed by atoms with van der Waals surface area (Å²) < 4.78 is 11.5. The van der Waals surface area contributed by atoms with E-state index in [1.165, 1.54) is 0 Å². The summed E-state index contributed by atoms with van der Waals surface area (Å²) in [6.07, 6.45) is 6.01. The van der Waals surface area contributed by atoms with Crippen molar-refractivity contribution in [3.63, 3.8) is 0 Å². The molecule has 0 aliphatic carbocycles. The summed E-state index contributed by atoms with van der Waals surface area (Å²) >= 11 is 0. The highest BCUT2D eigenvalue weighted by Gasteiger charge is 2.22. The molecule has 0 N–H and O–H groups in total. The molecule has 2 heterocycles. The number of hydrogen-bond donors (Lipinski definition) is 0. The molecule has 0 bridgehead atoms. The number of carbonyl (C=O) groups is 1. The monoisotopic (exact) mass is 372 g/mol. The number of hydrogen-bond acceptors (Lipinski definition) is 4. The standard InChI is InChI=1S/C22H32N2O3/c1-17(2)23-10-8-20(9-11-23)27-21-6-4-19(18(3)16-21)5-7-22(25)24-12-14-26-15-13-24/h4-7,16-17,20H,8-15H2,1-3H3. The van der Waals surface area contributed by atoms with Gasteiger partial charge >= 0.3 is 0 Å². The van der Waals surface area contributed by atoms with Crippen LogP contribution in [-0.4, -0.2) is 67.2 Å². The minimum Gasteiger partial charge on any atom is -0.490 e. The Morgan fingerprint density at radius 2 is 1.89 bits per heavy atom. The number of ether oxygens (including phenoxy) is 2. The van der Waals surface area contributed by atoms with Gasteiger partial charge in [-0.25, -0.2) is 0 Å². The normalized spacial score (nSPS) is 19.8. The lowest BCUT2D eigenvalue weighted by Gasteiger charge is -2.34. The summed E-state index contributed by atoms with van der Waals surface area (Å²) in [7, 11) is 0. The van der Waals surface area contributed by atoms with Crippen molar-refractivity contribution in [2.45, 2.75) is 45.8 Å². The van der Waals surface area contributed by atoms with E-state index < -0.39 is 0 Å². The molecule has 0 spiro atoms. The Kier molecular flexibility index (Phi) is 6.91. The highest BCUT2D eigenvalue weighted by atomic mass is 16.5. The molecule has 0 atom stereocenters. The van der Waals surface area contributed by atoms with Crippen LogP contribution >= 0.6 is 0 Å². The zero-order chi connectivity index (χ0) is 19.2. The van der Waals surface area contributed by atoms with E-state index in [4.69, 9.17) is 9.47 Å². The number of nitrogens with zero attached hydrogens (tertiary/aromatic N) is 2.